The van der Waals surface area contributed by atoms with Gasteiger partial charge in [-0.25, -0.2) is 4.98 Å². The Kier molecular flexibility index (Phi) is 4.35. The highest BCUT2D eigenvalue weighted by Crippen LogP contribution is 2.27. The molecule has 0 spiro atoms. The van der Waals surface area contributed by atoms with Gasteiger partial charge >= 0.3 is 0 Å². The molecule has 1 N–H and O–H groups in total. The predicted molar refractivity (Wildman–Crippen MR) is 89.7 cm³/mol. The van der Waals surface area contributed by atoms with E-state index in [0.29, 0.717) is 24.2 Å². The average Bonchev–Trinajstić information content (AvgIpc) is 3.35. The van der Waals surface area contributed by atoms with Gasteiger partial charge in [0.05, 0.1) is 6.54 Å². The van der Waals surface area contributed by atoms with Crippen molar-refractivity contribution < 1.29 is 9.26 Å². The van der Waals surface area contributed by atoms with Crippen molar-refractivity contribution in [3.63, 3.8) is 0 Å². The Morgan fingerprint density at radius 1 is 1.40 bits per heavy atom. The van der Waals surface area contributed by atoms with Gasteiger partial charge in [0, 0.05) is 24.7 Å². The summed E-state index contributed by atoms with van der Waals surface area (Å²) in [5.74, 6) is 2.54. The molecule has 0 aliphatic carbocycles. The van der Waals surface area contributed by atoms with Crippen molar-refractivity contribution in [3.8, 4) is 11.5 Å². The van der Waals surface area contributed by atoms with Crippen molar-refractivity contribution in [1.29, 1.82) is 0 Å². The minimum absolute atomic E-state index is 0.0616. The fourth-order valence-corrected chi connectivity index (χ4v) is 3.08. The first-order valence-corrected chi connectivity index (χ1v) is 8.69. The molecule has 4 heterocycles. The normalized spacial score (nSPS) is 17.6. The number of hydrogen-bond donors (Lipinski definition) is 1. The third-order valence-electron chi connectivity index (χ3n) is 4.20. The van der Waals surface area contributed by atoms with E-state index in [1.165, 1.54) is 0 Å². The number of ether oxygens (including phenoxy) is 1. The fourth-order valence-electron chi connectivity index (χ4n) is 3.08. The Bertz CT molecular complexity index is 828. The van der Waals surface area contributed by atoms with E-state index in [1.807, 2.05) is 16.8 Å². The summed E-state index contributed by atoms with van der Waals surface area (Å²) in [6.45, 7) is 5.61. The van der Waals surface area contributed by atoms with E-state index in [2.05, 4.69) is 39.2 Å². The first-order valence-electron chi connectivity index (χ1n) is 8.69. The molecule has 1 atom stereocenters. The Balaban J connectivity index is 1.51. The quantitative estimate of drug-likeness (QED) is 0.740. The van der Waals surface area contributed by atoms with Crippen molar-refractivity contribution in [3.05, 3.63) is 35.9 Å². The topological polar surface area (TPSA) is 94.7 Å². The van der Waals surface area contributed by atoms with Crippen LogP contribution in [0.2, 0.25) is 0 Å². The van der Waals surface area contributed by atoms with Crippen LogP contribution in [-0.4, -0.2) is 36.5 Å². The van der Waals surface area contributed by atoms with Crippen LogP contribution in [0.1, 0.15) is 50.2 Å². The zero-order chi connectivity index (χ0) is 17.2. The van der Waals surface area contributed by atoms with Crippen LogP contribution in [0.25, 0.3) is 11.5 Å². The molecule has 0 unspecified atom stereocenters. The number of nitrogens with one attached hydrogen (secondary N) is 1. The molecule has 1 aliphatic heterocycles. The summed E-state index contributed by atoms with van der Waals surface area (Å²) in [4.78, 5) is 8.90. The van der Waals surface area contributed by atoms with E-state index >= 15 is 0 Å². The van der Waals surface area contributed by atoms with Crippen LogP contribution in [0.5, 0.6) is 0 Å². The molecule has 1 saturated heterocycles. The van der Waals surface area contributed by atoms with Crippen LogP contribution in [0.15, 0.2) is 23.0 Å². The number of rotatable bonds is 6. The molecule has 0 bridgehead atoms. The monoisotopic (exact) mass is 342 g/mol. The Hall–Kier alpha value is -2.48. The van der Waals surface area contributed by atoms with E-state index in [1.54, 1.807) is 6.20 Å². The Morgan fingerprint density at radius 2 is 2.32 bits per heavy atom. The number of aromatic amines is 1. The van der Waals surface area contributed by atoms with Gasteiger partial charge in [0.2, 0.25) is 0 Å². The lowest BCUT2D eigenvalue weighted by molar-refractivity contribution is 0.0835. The highest BCUT2D eigenvalue weighted by molar-refractivity contribution is 5.50. The number of imidazole rings is 1. The molecule has 0 saturated carbocycles. The highest BCUT2D eigenvalue weighted by atomic mass is 16.5. The molecular formula is C17H22N6O2. The molecule has 1 fully saturated rings. The van der Waals surface area contributed by atoms with Gasteiger partial charge in [-0.05, 0) is 31.2 Å². The molecule has 132 valence electrons. The SMILES string of the molecule is CC(C)Cc1cc(-c2nccn2Cc2noc([C@H]3CCCO3)n2)n[nH]1. The number of nitrogens with zero attached hydrogens (tertiary/aromatic N) is 5. The van der Waals surface area contributed by atoms with Crippen LogP contribution < -0.4 is 0 Å². The van der Waals surface area contributed by atoms with Gasteiger partial charge in [-0.2, -0.15) is 10.1 Å². The average molecular weight is 342 g/mol. The molecular weight excluding hydrogens is 320 g/mol. The second kappa shape index (κ2) is 6.79. The molecule has 0 aromatic carbocycles. The van der Waals surface area contributed by atoms with Crippen molar-refractivity contribution >= 4 is 0 Å². The minimum atomic E-state index is -0.0616. The summed E-state index contributed by atoms with van der Waals surface area (Å²) in [6.07, 6.45) is 6.52. The van der Waals surface area contributed by atoms with E-state index in [9.17, 15) is 0 Å². The van der Waals surface area contributed by atoms with Gasteiger partial charge in [0.15, 0.2) is 11.6 Å². The molecule has 25 heavy (non-hydrogen) atoms. The lowest BCUT2D eigenvalue weighted by atomic mass is 10.1. The van der Waals surface area contributed by atoms with Gasteiger partial charge in [0.1, 0.15) is 11.8 Å². The molecule has 1 aliphatic rings. The van der Waals surface area contributed by atoms with Crippen molar-refractivity contribution in [2.24, 2.45) is 5.92 Å². The van der Waals surface area contributed by atoms with E-state index in [4.69, 9.17) is 9.26 Å². The number of H-pyrrole nitrogens is 1. The summed E-state index contributed by atoms with van der Waals surface area (Å²) in [6, 6.07) is 2.05. The van der Waals surface area contributed by atoms with Crippen LogP contribution in [0, 0.1) is 5.92 Å². The van der Waals surface area contributed by atoms with Gasteiger partial charge in [-0.3, -0.25) is 5.10 Å². The van der Waals surface area contributed by atoms with Gasteiger partial charge in [0.25, 0.3) is 5.89 Å². The van der Waals surface area contributed by atoms with Crippen LogP contribution >= 0.6 is 0 Å². The van der Waals surface area contributed by atoms with Crippen LogP contribution in [0.3, 0.4) is 0 Å². The molecule has 4 rings (SSSR count). The van der Waals surface area contributed by atoms with E-state index in [-0.39, 0.29) is 6.10 Å². The first kappa shape index (κ1) is 16.0. The maximum absolute atomic E-state index is 5.59. The first-order chi connectivity index (χ1) is 12.2. The van der Waals surface area contributed by atoms with Crippen molar-refractivity contribution in [2.75, 3.05) is 6.61 Å². The maximum Gasteiger partial charge on any atom is 0.255 e. The second-order valence-corrected chi connectivity index (χ2v) is 6.81. The fraction of sp³-hybridized carbons (Fsp3) is 0.529. The lowest BCUT2D eigenvalue weighted by Gasteiger charge is -2.03. The Labute approximate surface area is 145 Å². The zero-order valence-electron chi connectivity index (χ0n) is 14.5. The predicted octanol–water partition coefficient (Wildman–Crippen LogP) is 2.75. The van der Waals surface area contributed by atoms with Gasteiger partial charge < -0.3 is 13.8 Å². The number of hydrogen-bond acceptors (Lipinski definition) is 6. The summed E-state index contributed by atoms with van der Waals surface area (Å²) in [7, 11) is 0. The summed E-state index contributed by atoms with van der Waals surface area (Å²) >= 11 is 0. The molecule has 8 heteroatoms. The largest absolute Gasteiger partial charge is 0.368 e. The smallest absolute Gasteiger partial charge is 0.255 e. The highest BCUT2D eigenvalue weighted by Gasteiger charge is 2.24. The molecule has 0 radical (unpaired) electrons. The van der Waals surface area contributed by atoms with Crippen molar-refractivity contribution in [1.82, 2.24) is 29.9 Å². The van der Waals surface area contributed by atoms with Gasteiger partial charge in [-0.15, -0.1) is 0 Å². The lowest BCUT2D eigenvalue weighted by Crippen LogP contribution is -2.03. The second-order valence-electron chi connectivity index (χ2n) is 6.81. The van der Waals surface area contributed by atoms with Crippen LogP contribution in [0.4, 0.5) is 0 Å². The van der Waals surface area contributed by atoms with Crippen LogP contribution in [-0.2, 0) is 17.7 Å². The summed E-state index contributed by atoms with van der Waals surface area (Å²) in [5, 5.41) is 11.5. The molecule has 8 nitrogen and oxygen atoms in total. The number of aromatic nitrogens is 6. The minimum Gasteiger partial charge on any atom is -0.368 e. The third-order valence-corrected chi connectivity index (χ3v) is 4.20. The van der Waals surface area contributed by atoms with E-state index in [0.717, 1.165) is 43.1 Å². The standard InChI is InChI=1S/C17H22N6O2/c1-11(2)8-12-9-13(21-20-12)16-18-5-6-23(16)10-15-19-17(25-22-15)14-4-3-7-24-14/h5-6,9,11,14H,3-4,7-8,10H2,1-2H3,(H,20,21)/t14-/m1/s1. The molecule has 3 aromatic heterocycles. The maximum atomic E-state index is 5.59. The molecule has 0 amide bonds. The van der Waals surface area contributed by atoms with E-state index < -0.39 is 0 Å². The Morgan fingerprint density at radius 3 is 3.12 bits per heavy atom. The summed E-state index contributed by atoms with van der Waals surface area (Å²) in [5.41, 5.74) is 1.93. The zero-order valence-corrected chi connectivity index (χ0v) is 14.5. The van der Waals surface area contributed by atoms with Crippen molar-refractivity contribution in [2.45, 2.75) is 45.8 Å². The van der Waals surface area contributed by atoms with Gasteiger partial charge in [-0.1, -0.05) is 19.0 Å². The third kappa shape index (κ3) is 3.48. The molecule has 3 aromatic rings. The summed E-state index contributed by atoms with van der Waals surface area (Å²) < 4.78 is 12.9.